The van der Waals surface area contributed by atoms with Gasteiger partial charge in [-0.05, 0) is 48.9 Å². The van der Waals surface area contributed by atoms with Crippen molar-refractivity contribution in [3.8, 4) is 0 Å². The molecule has 0 amide bonds. The van der Waals surface area contributed by atoms with E-state index in [2.05, 4.69) is 39.5 Å². The first kappa shape index (κ1) is 56.9. The zero-order valence-electron chi connectivity index (χ0n) is 30.4. The normalized spacial score (nSPS) is 21.4. The molecule has 8 N–H and O–H groups in total. The maximum absolute atomic E-state index is 10.2. The molecule has 2 heterocycles. The van der Waals surface area contributed by atoms with Crippen LogP contribution in [0.2, 0.25) is 0 Å². The van der Waals surface area contributed by atoms with Gasteiger partial charge >= 0.3 is 11.9 Å². The summed E-state index contributed by atoms with van der Waals surface area (Å²) in [5.41, 5.74) is 3.14. The Hall–Kier alpha value is -1.44. The van der Waals surface area contributed by atoms with E-state index in [4.69, 9.17) is 25.4 Å². The summed E-state index contributed by atoms with van der Waals surface area (Å²) in [5, 5.41) is 50.0. The number of carboxylic acid groups (broad SMARTS) is 2. The number of carboxylic acids is 2. The average Bonchev–Trinajstić information content (AvgIpc) is 3.13. The predicted octanol–water partition coefficient (Wildman–Crippen LogP) is 4.25. The van der Waals surface area contributed by atoms with Crippen molar-refractivity contribution in [2.24, 2.45) is 0 Å². The zero-order valence-corrected chi connectivity index (χ0v) is 36.6. The second-order valence-corrected chi connectivity index (χ2v) is 12.6. The molecule has 0 spiro atoms. The van der Waals surface area contributed by atoms with Crippen molar-refractivity contribution in [1.29, 1.82) is 0 Å². The first-order chi connectivity index (χ1) is 23.3. The number of pyridine rings is 1. The SMILES string of the molecule is O=C(O)C(O)c1ccccc1.O=C(O)C(O)c1ccccc1.S.S.S.S.S.[Mn].c1cc2nc(c1)CN[C@H]1CCCC[C@@H]1NCCN[C@H]1CCCC[C@@H]1NC2. The summed E-state index contributed by atoms with van der Waals surface area (Å²) in [4.78, 5) is 25.4. The van der Waals surface area contributed by atoms with Crippen molar-refractivity contribution in [1.82, 2.24) is 26.3 Å². The Morgan fingerprint density at radius 1 is 0.519 bits per heavy atom. The number of aliphatic carboxylic acids is 2. The Labute approximate surface area is 365 Å². The van der Waals surface area contributed by atoms with Gasteiger partial charge in [-0.3, -0.25) is 4.98 Å². The van der Waals surface area contributed by atoms with E-state index in [1.807, 2.05) is 0 Å². The van der Waals surface area contributed by atoms with Gasteiger partial charge in [0.1, 0.15) is 0 Å². The minimum atomic E-state index is -1.41. The van der Waals surface area contributed by atoms with Gasteiger partial charge in [0.15, 0.2) is 12.2 Å². The van der Waals surface area contributed by atoms with Crippen LogP contribution in [0.15, 0.2) is 78.9 Å². The molecule has 3 aromatic rings. The molecule has 2 aliphatic carbocycles. The molecule has 11 nitrogen and oxygen atoms in total. The molecule has 2 unspecified atom stereocenters. The van der Waals surface area contributed by atoms with E-state index in [0.717, 1.165) is 26.2 Å². The fraction of sp³-hybridized carbons (Fsp3) is 0.486. The van der Waals surface area contributed by atoms with Crippen LogP contribution < -0.4 is 21.3 Å². The van der Waals surface area contributed by atoms with Gasteiger partial charge in [0.2, 0.25) is 0 Å². The third kappa shape index (κ3) is 19.6. The first-order valence-corrected chi connectivity index (χ1v) is 17.1. The number of hydrogen-bond acceptors (Lipinski definition) is 9. The zero-order chi connectivity index (χ0) is 34.1. The van der Waals surface area contributed by atoms with Crippen LogP contribution in [0.25, 0.3) is 0 Å². The van der Waals surface area contributed by atoms with Gasteiger partial charge in [0.05, 0.1) is 11.4 Å². The van der Waals surface area contributed by atoms with Gasteiger partial charge in [-0.2, -0.15) is 67.5 Å². The third-order valence-corrected chi connectivity index (χ3v) is 9.12. The molecule has 54 heavy (non-hydrogen) atoms. The number of nitrogens with zero attached hydrogens (tertiary/aromatic N) is 1. The Bertz CT molecular complexity index is 1310. The number of carbonyl (C=O) groups is 2. The molecule has 6 atom stereocenters. The van der Waals surface area contributed by atoms with E-state index < -0.39 is 24.1 Å². The van der Waals surface area contributed by atoms with Gasteiger partial charge in [0, 0.05) is 67.4 Å². The van der Waals surface area contributed by atoms with E-state index in [1.165, 1.54) is 62.8 Å². The molecular formula is C37H61MnN5O6S5. The van der Waals surface area contributed by atoms with Crippen molar-refractivity contribution >= 4 is 79.4 Å². The van der Waals surface area contributed by atoms with Gasteiger partial charge in [-0.1, -0.05) is 92.4 Å². The number of aliphatic hydroxyl groups is 2. The molecule has 1 aliphatic heterocycles. The Morgan fingerprint density at radius 3 is 1.15 bits per heavy atom. The summed E-state index contributed by atoms with van der Waals surface area (Å²) in [6.07, 6.45) is 7.71. The molecule has 2 bridgehead atoms. The van der Waals surface area contributed by atoms with Crippen molar-refractivity contribution in [3.05, 3.63) is 101 Å². The van der Waals surface area contributed by atoms with Crippen LogP contribution in [0.3, 0.4) is 0 Å². The number of fused-ring (bicyclic) bond motifs is 4. The van der Waals surface area contributed by atoms with Gasteiger partial charge in [-0.25, -0.2) is 9.59 Å². The summed E-state index contributed by atoms with van der Waals surface area (Å²) >= 11 is 0. The van der Waals surface area contributed by atoms with Crippen LogP contribution in [0.1, 0.15) is 86.1 Å². The van der Waals surface area contributed by atoms with Crippen molar-refractivity contribution in [2.45, 2.75) is 101 Å². The second kappa shape index (κ2) is 31.6. The van der Waals surface area contributed by atoms with E-state index in [-0.39, 0.29) is 84.5 Å². The molecule has 6 rings (SSSR count). The van der Waals surface area contributed by atoms with Crippen LogP contribution in [0, 0.1) is 0 Å². The number of hydrogen-bond donors (Lipinski definition) is 8. The molecule has 307 valence electrons. The monoisotopic (exact) mass is 886 g/mol. The minimum Gasteiger partial charge on any atom is -0.479 e. The summed E-state index contributed by atoms with van der Waals surface area (Å²) in [6, 6.07) is 25.3. The smallest absolute Gasteiger partial charge is 0.337 e. The van der Waals surface area contributed by atoms with E-state index in [1.54, 1.807) is 60.7 Å². The summed E-state index contributed by atoms with van der Waals surface area (Å²) < 4.78 is 0. The van der Waals surface area contributed by atoms with Crippen LogP contribution in [-0.2, 0) is 39.7 Å². The largest absolute Gasteiger partial charge is 0.479 e. The topological polar surface area (TPSA) is 176 Å². The summed E-state index contributed by atoms with van der Waals surface area (Å²) in [5.74, 6) is -2.45. The van der Waals surface area contributed by atoms with Crippen LogP contribution >= 0.6 is 67.5 Å². The van der Waals surface area contributed by atoms with Crippen molar-refractivity contribution < 1.29 is 47.1 Å². The predicted molar refractivity (Wildman–Crippen MR) is 236 cm³/mol. The first-order valence-electron chi connectivity index (χ1n) is 17.1. The van der Waals surface area contributed by atoms with Crippen molar-refractivity contribution in [2.75, 3.05) is 13.1 Å². The Balaban J connectivity index is -0.000000789. The molecular weight excluding hydrogens is 826 g/mol. The Morgan fingerprint density at radius 2 is 0.833 bits per heavy atom. The average molecular weight is 887 g/mol. The molecule has 2 aromatic carbocycles. The molecule has 0 saturated heterocycles. The van der Waals surface area contributed by atoms with Crippen LogP contribution in [0.5, 0.6) is 0 Å². The third-order valence-electron chi connectivity index (χ3n) is 9.12. The molecule has 17 heteroatoms. The van der Waals surface area contributed by atoms with Crippen LogP contribution in [0.4, 0.5) is 0 Å². The second-order valence-electron chi connectivity index (χ2n) is 12.6. The molecule has 3 aliphatic rings. The number of benzene rings is 2. The van der Waals surface area contributed by atoms with E-state index in [9.17, 15) is 9.59 Å². The fourth-order valence-corrected chi connectivity index (χ4v) is 6.51. The molecule has 2 saturated carbocycles. The minimum absolute atomic E-state index is 0. The number of nitrogens with one attached hydrogen (secondary N) is 4. The maximum Gasteiger partial charge on any atom is 0.337 e. The number of aromatic nitrogens is 1. The van der Waals surface area contributed by atoms with Gasteiger partial charge in [-0.15, -0.1) is 0 Å². The number of aliphatic hydroxyl groups excluding tert-OH is 2. The van der Waals surface area contributed by atoms with Gasteiger partial charge in [0.25, 0.3) is 0 Å². The molecule has 2 fully saturated rings. The van der Waals surface area contributed by atoms with Crippen molar-refractivity contribution in [3.63, 3.8) is 0 Å². The maximum atomic E-state index is 10.2. The Kier molecular flexibility index (Phi) is 33.3. The standard InChI is InChI=1S/C21H35N5.2C8H8O3.Mn.5H2S/c1-3-10-20-18(8-1)22-12-13-23-19-9-2-4-11-21(19)25-15-17-7-5-6-16(26-17)14-24-20;2*9-7(8(10)11)6-4-2-1-3-5-6;;;;;;/h5-7,18-25H,1-4,8-15H2;2*1-5,7,9H,(H,10,11);;5*1H2/t18-,19-,20-,21-;;;;;;;;/m0......../s1. The summed E-state index contributed by atoms with van der Waals surface area (Å²) in [6.45, 7) is 3.89. The molecule has 1 radical (unpaired) electrons. The van der Waals surface area contributed by atoms with Gasteiger partial charge < -0.3 is 41.7 Å². The fourth-order valence-electron chi connectivity index (χ4n) is 6.51. The summed E-state index contributed by atoms with van der Waals surface area (Å²) in [7, 11) is 0. The van der Waals surface area contributed by atoms with E-state index >= 15 is 0 Å². The number of rotatable bonds is 4. The quantitative estimate of drug-likeness (QED) is 0.176. The van der Waals surface area contributed by atoms with Crippen LogP contribution in [-0.4, -0.2) is 74.6 Å². The molecule has 1 aromatic heterocycles. The van der Waals surface area contributed by atoms with E-state index in [0.29, 0.717) is 35.3 Å².